The lowest BCUT2D eigenvalue weighted by atomic mass is 10.0. The third kappa shape index (κ3) is 4.47. The van der Waals surface area contributed by atoms with E-state index in [1.807, 2.05) is 0 Å². The lowest BCUT2D eigenvalue weighted by molar-refractivity contribution is -0.393. The van der Waals surface area contributed by atoms with Crippen molar-refractivity contribution in [2.24, 2.45) is 0 Å². The van der Waals surface area contributed by atoms with Crippen molar-refractivity contribution < 1.29 is 19.7 Å². The van der Waals surface area contributed by atoms with Crippen LogP contribution in [0.4, 0.5) is 34.1 Å². The van der Waals surface area contributed by atoms with Crippen molar-refractivity contribution in [3.8, 4) is 0 Å². The van der Waals surface area contributed by atoms with Gasteiger partial charge in [-0.25, -0.2) is 0 Å². The van der Waals surface area contributed by atoms with Crippen LogP contribution < -0.4 is 9.80 Å². The van der Waals surface area contributed by atoms with Crippen LogP contribution in [0.15, 0.2) is 84.2 Å². The van der Waals surface area contributed by atoms with Gasteiger partial charge in [0.05, 0.1) is 31.8 Å². The van der Waals surface area contributed by atoms with Crippen LogP contribution in [0, 0.1) is 52.9 Å². The van der Waals surface area contributed by atoms with E-state index >= 15 is 0 Å². The minimum absolute atomic E-state index is 0.0834. The maximum Gasteiger partial charge on any atom is 0.341 e. The van der Waals surface area contributed by atoms with E-state index in [2.05, 4.69) is 12.4 Å². The molecule has 0 N–H and O–H groups in total. The molecule has 0 fully saturated rings. The van der Waals surface area contributed by atoms with Crippen LogP contribution in [-0.4, -0.2) is 19.7 Å². The Hall–Kier alpha value is -5.84. The lowest BCUT2D eigenvalue weighted by Gasteiger charge is -2.10. The second-order valence-corrected chi connectivity index (χ2v) is 7.20. The Labute approximate surface area is 201 Å². The maximum absolute atomic E-state index is 11.4. The van der Waals surface area contributed by atoms with E-state index in [1.165, 1.54) is 46.5 Å². The standard InChI is InChI=1S/C22H12N6O8/c29-25(30)17-1-3-19(21(13-17)27(33)34)23-9-5-15(6-10-23)16-7-11-24(12-8-16)20-4-2-18(26(31)32)14-22(20)28(35)36/h1-9,11,13-14H/q+2. The highest BCUT2D eigenvalue weighted by atomic mass is 16.6. The Morgan fingerprint density at radius 1 is 0.583 bits per heavy atom. The maximum atomic E-state index is 11.4. The van der Waals surface area contributed by atoms with Crippen molar-refractivity contribution in [2.75, 3.05) is 9.80 Å². The summed E-state index contributed by atoms with van der Waals surface area (Å²) >= 11 is 0. The summed E-state index contributed by atoms with van der Waals surface area (Å²) in [4.78, 5) is 44.4. The van der Waals surface area contributed by atoms with Crippen LogP contribution in [0.2, 0.25) is 0 Å². The molecule has 0 saturated heterocycles. The number of nitro groups is 4. The monoisotopic (exact) mass is 488 g/mol. The summed E-state index contributed by atoms with van der Waals surface area (Å²) in [5.74, 6) is 0. The minimum atomic E-state index is -0.724. The molecule has 36 heavy (non-hydrogen) atoms. The number of nitro benzene ring substituents is 4. The molecule has 2 heterocycles. The average molecular weight is 488 g/mol. The first-order valence-corrected chi connectivity index (χ1v) is 9.89. The molecule has 2 aliphatic rings. The first-order valence-electron chi connectivity index (χ1n) is 9.89. The summed E-state index contributed by atoms with van der Waals surface area (Å²) in [6, 6.07) is 6.54. The van der Waals surface area contributed by atoms with Crippen molar-refractivity contribution in [1.82, 2.24) is 0 Å². The Morgan fingerprint density at radius 2 is 0.972 bits per heavy atom. The second kappa shape index (κ2) is 9.19. The van der Waals surface area contributed by atoms with E-state index in [9.17, 15) is 40.5 Å². The zero-order chi connectivity index (χ0) is 26.0. The lowest BCUT2D eigenvalue weighted by Crippen LogP contribution is -2.14. The van der Waals surface area contributed by atoms with E-state index < -0.39 is 42.4 Å². The van der Waals surface area contributed by atoms with E-state index in [0.717, 1.165) is 24.3 Å². The van der Waals surface area contributed by atoms with E-state index in [4.69, 9.17) is 0 Å². The molecule has 2 aromatic rings. The average Bonchev–Trinajstić information content (AvgIpc) is 2.88. The van der Waals surface area contributed by atoms with Gasteiger partial charge in [0.25, 0.3) is 11.4 Å². The van der Waals surface area contributed by atoms with Crippen LogP contribution >= 0.6 is 0 Å². The normalized spacial score (nSPS) is 15.9. The molecular weight excluding hydrogens is 476 g/mol. The molecule has 0 saturated carbocycles. The number of allylic oxidation sites excluding steroid dienone is 6. The Bertz CT molecular complexity index is 1330. The minimum Gasteiger partial charge on any atom is -0.258 e. The largest absolute Gasteiger partial charge is 0.341 e. The molecule has 176 valence electrons. The highest BCUT2D eigenvalue weighted by Gasteiger charge is 2.31. The molecule has 0 amide bonds. The van der Waals surface area contributed by atoms with Gasteiger partial charge in [-0.2, -0.15) is 9.80 Å². The van der Waals surface area contributed by atoms with Gasteiger partial charge in [-0.1, -0.05) is 0 Å². The fourth-order valence-electron chi connectivity index (χ4n) is 3.38. The van der Waals surface area contributed by atoms with Crippen molar-refractivity contribution in [2.45, 2.75) is 0 Å². The topological polar surface area (TPSA) is 179 Å². The number of hydrogen-bond acceptors (Lipinski definition) is 10. The molecule has 0 aliphatic carbocycles. The predicted octanol–water partition coefficient (Wildman–Crippen LogP) is 4.62. The van der Waals surface area contributed by atoms with Gasteiger partial charge in [0.1, 0.15) is 60.2 Å². The summed E-state index contributed by atoms with van der Waals surface area (Å²) in [7, 11) is 0. The molecule has 0 radical (unpaired) electrons. The molecule has 0 bridgehead atoms. The van der Waals surface area contributed by atoms with E-state index in [0.29, 0.717) is 11.1 Å². The van der Waals surface area contributed by atoms with Gasteiger partial charge in [-0.3, -0.25) is 40.5 Å². The smallest absolute Gasteiger partial charge is 0.258 e. The third-order valence-electron chi connectivity index (χ3n) is 5.11. The summed E-state index contributed by atoms with van der Waals surface area (Å²) < 4.78 is 0. The Morgan fingerprint density at radius 3 is 1.25 bits per heavy atom. The fourth-order valence-corrected chi connectivity index (χ4v) is 3.38. The van der Waals surface area contributed by atoms with Gasteiger partial charge >= 0.3 is 11.4 Å². The molecular formula is C22H12N6O8+2. The van der Waals surface area contributed by atoms with Gasteiger partial charge in [0.2, 0.25) is 11.4 Å². The number of benzene rings is 2. The molecule has 0 spiro atoms. The van der Waals surface area contributed by atoms with Crippen LogP contribution in [0.3, 0.4) is 0 Å². The molecule has 2 aromatic carbocycles. The summed E-state index contributed by atoms with van der Waals surface area (Å²) in [5.41, 5.74) is -0.308. The fraction of sp³-hybridized carbons (Fsp3) is 0. The summed E-state index contributed by atoms with van der Waals surface area (Å²) in [6.45, 7) is 0. The number of anilines is 2. The zero-order valence-electron chi connectivity index (χ0n) is 17.9. The quantitative estimate of drug-likeness (QED) is 0.316. The van der Waals surface area contributed by atoms with Crippen LogP contribution in [-0.2, 0) is 0 Å². The molecule has 0 aromatic heterocycles. The second-order valence-electron chi connectivity index (χ2n) is 7.20. The van der Waals surface area contributed by atoms with Gasteiger partial charge in [0, 0.05) is 24.3 Å². The van der Waals surface area contributed by atoms with Gasteiger partial charge < -0.3 is 0 Å². The highest BCUT2D eigenvalue weighted by Crippen LogP contribution is 2.35. The van der Waals surface area contributed by atoms with Gasteiger partial charge in [-0.05, 0) is 0 Å². The predicted molar refractivity (Wildman–Crippen MR) is 125 cm³/mol. The van der Waals surface area contributed by atoms with Crippen LogP contribution in [0.25, 0.3) is 0 Å². The molecule has 14 nitrogen and oxygen atoms in total. The SMILES string of the molecule is O=[N+]([O-])c1ccc(N2[C+]=CC(=C3C=[C+]N(c4ccc([N+](=O)[O-])cc4[N+](=O)[O-])C=C3)C=C2)c([N+](=O)[O-])c1. The van der Waals surface area contributed by atoms with Crippen molar-refractivity contribution >= 4 is 34.1 Å². The van der Waals surface area contributed by atoms with Crippen molar-refractivity contribution in [3.05, 3.63) is 137 Å². The zero-order valence-corrected chi connectivity index (χ0v) is 17.9. The number of non-ortho nitro benzene ring substituents is 2. The van der Waals surface area contributed by atoms with Crippen molar-refractivity contribution in [1.29, 1.82) is 0 Å². The number of rotatable bonds is 6. The van der Waals surface area contributed by atoms with Crippen LogP contribution in [0.1, 0.15) is 0 Å². The Kier molecular flexibility index (Phi) is 5.95. The van der Waals surface area contributed by atoms with E-state index in [1.54, 1.807) is 12.2 Å². The molecule has 4 rings (SSSR count). The van der Waals surface area contributed by atoms with E-state index in [-0.39, 0.29) is 11.4 Å². The molecule has 14 heteroatoms. The summed E-state index contributed by atoms with van der Waals surface area (Å²) in [5, 5.41) is 44.7. The van der Waals surface area contributed by atoms with Crippen molar-refractivity contribution in [3.63, 3.8) is 0 Å². The number of hydrogen-bond donors (Lipinski definition) is 0. The van der Waals surface area contributed by atoms with Crippen LogP contribution in [0.5, 0.6) is 0 Å². The molecule has 0 unspecified atom stereocenters. The summed E-state index contributed by atoms with van der Waals surface area (Å²) in [6.07, 6.45) is 15.0. The number of nitrogens with zero attached hydrogens (tertiary/aromatic N) is 6. The van der Waals surface area contributed by atoms with Gasteiger partial charge in [0.15, 0.2) is 0 Å². The first-order chi connectivity index (χ1) is 17.2. The van der Waals surface area contributed by atoms with Gasteiger partial charge in [-0.15, -0.1) is 0 Å². The third-order valence-corrected chi connectivity index (χ3v) is 5.11. The Balaban J connectivity index is 1.57. The first kappa shape index (κ1) is 23.3. The molecule has 0 atom stereocenters. The molecule has 2 aliphatic heterocycles. The highest BCUT2D eigenvalue weighted by molar-refractivity contribution is 5.72.